The van der Waals surface area contributed by atoms with E-state index in [1.807, 2.05) is 27.7 Å². The Morgan fingerprint density at radius 2 is 1.94 bits per heavy atom. The van der Waals surface area contributed by atoms with Crippen LogP contribution in [-0.4, -0.2) is 40.4 Å². The third-order valence-corrected chi connectivity index (χ3v) is 10.8. The van der Waals surface area contributed by atoms with Crippen molar-refractivity contribution in [2.24, 2.45) is 34.5 Å². The predicted octanol–water partition coefficient (Wildman–Crippen LogP) is 5.17. The Kier molecular flexibility index (Phi) is 6.40. The molecule has 0 aromatic carbocycles. The maximum Gasteiger partial charge on any atom is 0.287 e. The fourth-order valence-electron chi connectivity index (χ4n) is 7.67. The van der Waals surface area contributed by atoms with E-state index in [0.29, 0.717) is 25.0 Å². The number of carbonyl (C=O) groups is 3. The Labute approximate surface area is 205 Å². The quantitative estimate of drug-likeness (QED) is 0.323. The minimum absolute atomic E-state index is 0.0291. The van der Waals surface area contributed by atoms with Gasteiger partial charge < -0.3 is 5.32 Å². The maximum atomic E-state index is 15.6. The minimum Gasteiger partial charge on any atom is -0.349 e. The minimum atomic E-state index is -1.30. The highest BCUT2D eigenvalue weighted by Gasteiger charge is 2.71. The molecule has 3 saturated carbocycles. The molecule has 33 heavy (non-hydrogen) atoms. The fourth-order valence-corrected chi connectivity index (χ4v) is 8.88. The van der Waals surface area contributed by atoms with Gasteiger partial charge in [-0.05, 0) is 66.6 Å². The summed E-state index contributed by atoms with van der Waals surface area (Å²) >= 11 is 14.5. The van der Waals surface area contributed by atoms with Crippen LogP contribution in [0.4, 0.5) is 4.39 Å². The normalized spacial score (nSPS) is 46.2. The van der Waals surface area contributed by atoms with E-state index in [2.05, 4.69) is 5.32 Å². The zero-order valence-electron chi connectivity index (χ0n) is 19.8. The van der Waals surface area contributed by atoms with Crippen molar-refractivity contribution in [3.63, 3.8) is 0 Å². The molecule has 0 aromatic rings. The van der Waals surface area contributed by atoms with Crippen molar-refractivity contribution in [3.8, 4) is 0 Å². The molecule has 4 nitrogen and oxygen atoms in total. The average Bonchev–Trinajstić information content (AvgIpc) is 3.01. The van der Waals surface area contributed by atoms with Gasteiger partial charge in [-0.2, -0.15) is 0 Å². The van der Waals surface area contributed by atoms with Crippen LogP contribution in [0, 0.1) is 34.5 Å². The molecule has 0 aliphatic heterocycles. The lowest BCUT2D eigenvalue weighted by atomic mass is 9.46. The highest BCUT2D eigenvalue weighted by atomic mass is 35.5. The van der Waals surface area contributed by atoms with Crippen molar-refractivity contribution < 1.29 is 18.8 Å². The van der Waals surface area contributed by atoms with Crippen molar-refractivity contribution in [2.75, 3.05) is 6.54 Å². The van der Waals surface area contributed by atoms with Gasteiger partial charge in [0, 0.05) is 17.9 Å². The Morgan fingerprint density at radius 1 is 1.24 bits per heavy atom. The molecule has 1 amide bonds. The number of fused-ring (bicyclic) bond motifs is 5. The Bertz CT molecular complexity index is 934. The summed E-state index contributed by atoms with van der Waals surface area (Å²) in [6.07, 6.45) is 6.36. The van der Waals surface area contributed by atoms with Crippen LogP contribution in [0.15, 0.2) is 23.8 Å². The number of Topliss-reactive ketones (excluding diaryl/α,β-unsaturated/α-hetero) is 1. The lowest BCUT2D eigenvalue weighted by molar-refractivity contribution is -0.144. The molecule has 7 heteroatoms. The van der Waals surface area contributed by atoms with Gasteiger partial charge in [0.15, 0.2) is 5.78 Å². The average molecular weight is 498 g/mol. The molecule has 0 unspecified atom stereocenters. The lowest BCUT2D eigenvalue weighted by Crippen LogP contribution is -2.66. The number of hydrogen-bond donors (Lipinski definition) is 1. The summed E-state index contributed by atoms with van der Waals surface area (Å²) in [4.78, 5) is 37.1. The first-order valence-corrected chi connectivity index (χ1v) is 13.0. The summed E-state index contributed by atoms with van der Waals surface area (Å²) in [6.45, 7) is 8.44. The number of unbranched alkanes of at least 4 members (excludes halogenated alkanes) is 1. The van der Waals surface area contributed by atoms with Crippen molar-refractivity contribution >= 4 is 40.7 Å². The van der Waals surface area contributed by atoms with Gasteiger partial charge in [-0.1, -0.05) is 40.2 Å². The van der Waals surface area contributed by atoms with Gasteiger partial charge in [0.1, 0.15) is 6.17 Å². The van der Waals surface area contributed by atoms with Crippen molar-refractivity contribution in [2.45, 2.75) is 76.2 Å². The zero-order valence-corrected chi connectivity index (χ0v) is 21.3. The summed E-state index contributed by atoms with van der Waals surface area (Å²) in [5.41, 5.74) is -1.02. The smallest absolute Gasteiger partial charge is 0.287 e. The first kappa shape index (κ1) is 24.9. The first-order chi connectivity index (χ1) is 15.4. The topological polar surface area (TPSA) is 63.2 Å². The zero-order chi connectivity index (χ0) is 24.3. The molecule has 0 saturated heterocycles. The van der Waals surface area contributed by atoms with Crippen molar-refractivity contribution in [3.05, 3.63) is 23.8 Å². The first-order valence-electron chi connectivity index (χ1n) is 12.2. The highest BCUT2D eigenvalue weighted by Crippen LogP contribution is 2.71. The Morgan fingerprint density at radius 3 is 2.61 bits per heavy atom. The Hall–Kier alpha value is -1.20. The van der Waals surface area contributed by atoms with E-state index < -0.39 is 44.9 Å². The van der Waals surface area contributed by atoms with Crippen LogP contribution in [-0.2, 0) is 14.4 Å². The second-order valence-electron chi connectivity index (χ2n) is 11.1. The van der Waals surface area contributed by atoms with E-state index >= 15 is 4.39 Å². The highest BCUT2D eigenvalue weighted by molar-refractivity contribution is 6.37. The van der Waals surface area contributed by atoms with Crippen LogP contribution in [0.2, 0.25) is 0 Å². The van der Waals surface area contributed by atoms with Crippen LogP contribution in [0.5, 0.6) is 0 Å². The number of allylic oxidation sites excluding steroid dienone is 4. The van der Waals surface area contributed by atoms with E-state index in [9.17, 15) is 14.4 Å². The number of carbonyl (C=O) groups excluding carboxylic acids is 3. The van der Waals surface area contributed by atoms with Gasteiger partial charge >= 0.3 is 0 Å². The molecule has 0 aromatic heterocycles. The molecule has 9 atom stereocenters. The third-order valence-electron chi connectivity index (χ3n) is 9.25. The molecule has 0 heterocycles. The van der Waals surface area contributed by atoms with Crippen LogP contribution in [0.25, 0.3) is 0 Å². The summed E-state index contributed by atoms with van der Waals surface area (Å²) in [5.74, 6) is -1.98. The van der Waals surface area contributed by atoms with Gasteiger partial charge in [0.05, 0.1) is 10.3 Å². The molecule has 1 N–H and O–H groups in total. The molecule has 4 aliphatic rings. The van der Waals surface area contributed by atoms with Crippen molar-refractivity contribution in [1.82, 2.24) is 5.32 Å². The largest absolute Gasteiger partial charge is 0.349 e. The second-order valence-corrected chi connectivity index (χ2v) is 12.2. The summed E-state index contributed by atoms with van der Waals surface area (Å²) in [6, 6.07) is 0. The fraction of sp³-hybridized carbons (Fsp3) is 0.731. The van der Waals surface area contributed by atoms with E-state index in [1.165, 1.54) is 12.2 Å². The lowest BCUT2D eigenvalue weighted by Gasteiger charge is -2.63. The van der Waals surface area contributed by atoms with Crippen LogP contribution < -0.4 is 5.32 Å². The maximum absolute atomic E-state index is 15.6. The molecular formula is C26H34Cl2FNO3. The number of hydrogen-bond acceptors (Lipinski definition) is 3. The number of alkyl halides is 3. The molecule has 0 spiro atoms. The molecule has 4 aliphatic carbocycles. The summed E-state index contributed by atoms with van der Waals surface area (Å²) < 4.78 is 15.6. The van der Waals surface area contributed by atoms with Crippen LogP contribution >= 0.6 is 23.2 Å². The molecule has 4 rings (SSSR count). The SMILES string of the molecule is CCCCNC(=O)C(=O)[C@H]1[C@H](C)C[C@H]2[C@@H]3C[C@H](F)C4=CC(=O)C=C[C@]4(C)[C@@]3(Cl)[C@@H](Cl)C[C@@]21C. The van der Waals surface area contributed by atoms with Gasteiger partial charge in [-0.25, -0.2) is 4.39 Å². The number of rotatable bonds is 5. The standard InChI is InChI=1S/C26H34Cl2FNO3/c1-5-6-9-30-23(33)22(32)21-14(2)10-16-17-12-19(29)18-11-15(31)7-8-25(18,4)26(17,28)20(27)13-24(16,21)3/h7-8,11,14,16-17,19-21H,5-6,9-10,12-13H2,1-4H3,(H,30,33)/t14-,16+,17+,19+,20+,21-,24+,25+,26+/m1/s1. The molecular weight excluding hydrogens is 464 g/mol. The molecule has 0 radical (unpaired) electrons. The molecule has 182 valence electrons. The number of halogens is 3. The third kappa shape index (κ3) is 3.47. The van der Waals surface area contributed by atoms with Gasteiger partial charge in [0.2, 0.25) is 5.78 Å². The van der Waals surface area contributed by atoms with Gasteiger partial charge in [-0.15, -0.1) is 23.2 Å². The van der Waals surface area contributed by atoms with Gasteiger partial charge in [-0.3, -0.25) is 14.4 Å². The summed E-state index contributed by atoms with van der Waals surface area (Å²) in [5, 5.41) is 2.22. The van der Waals surface area contributed by atoms with Crippen LogP contribution in [0.3, 0.4) is 0 Å². The van der Waals surface area contributed by atoms with E-state index in [1.54, 1.807) is 6.08 Å². The van der Waals surface area contributed by atoms with E-state index in [4.69, 9.17) is 23.2 Å². The van der Waals surface area contributed by atoms with Crippen LogP contribution in [0.1, 0.15) is 59.8 Å². The second kappa shape index (κ2) is 8.48. The molecule has 0 bridgehead atoms. The summed E-state index contributed by atoms with van der Waals surface area (Å²) in [7, 11) is 0. The number of amides is 1. The van der Waals surface area contributed by atoms with Gasteiger partial charge in [0.25, 0.3) is 5.91 Å². The number of nitrogens with one attached hydrogen (secondary N) is 1. The Balaban J connectivity index is 1.70. The van der Waals surface area contributed by atoms with Crippen molar-refractivity contribution in [1.29, 1.82) is 0 Å². The van der Waals surface area contributed by atoms with E-state index in [-0.39, 0.29) is 30.0 Å². The molecule has 3 fully saturated rings. The number of ketones is 2. The van der Waals surface area contributed by atoms with E-state index in [0.717, 1.165) is 12.8 Å². The monoisotopic (exact) mass is 497 g/mol. The predicted molar refractivity (Wildman–Crippen MR) is 128 cm³/mol.